The molecule has 0 bridgehead atoms. The van der Waals surface area contributed by atoms with E-state index in [0.29, 0.717) is 13.1 Å². The molecule has 0 unspecified atom stereocenters. The number of nitrogens with one attached hydrogen (secondary N) is 1. The van der Waals surface area contributed by atoms with E-state index in [1.807, 2.05) is 48.7 Å². The van der Waals surface area contributed by atoms with E-state index in [2.05, 4.69) is 17.4 Å². The van der Waals surface area contributed by atoms with Crippen LogP contribution in [0.2, 0.25) is 0 Å². The second kappa shape index (κ2) is 6.23. The molecule has 3 heteroatoms. The third kappa shape index (κ3) is 3.71. The first-order chi connectivity index (χ1) is 9.16. The lowest BCUT2D eigenvalue weighted by molar-refractivity contribution is -0.121. The predicted octanol–water partition coefficient (Wildman–Crippen LogP) is 2.46. The van der Waals surface area contributed by atoms with Crippen LogP contribution in [0.4, 0.5) is 0 Å². The predicted molar refractivity (Wildman–Crippen MR) is 77.1 cm³/mol. The average Bonchev–Trinajstić information content (AvgIpc) is 2.72. The standard InChI is InChI=1S/C16H20N2O/c1-13-8-9-14(2)18(13)12-16(19)17-11-10-15-6-4-3-5-7-15/h3-9H,10-12H2,1-2H3,(H,17,19). The third-order valence-corrected chi connectivity index (χ3v) is 3.30. The van der Waals surface area contributed by atoms with Crippen molar-refractivity contribution >= 4 is 5.91 Å². The lowest BCUT2D eigenvalue weighted by Crippen LogP contribution is -2.29. The van der Waals surface area contributed by atoms with E-state index in [1.54, 1.807) is 0 Å². The maximum absolute atomic E-state index is 11.9. The molecular formula is C16H20N2O. The molecule has 0 atom stereocenters. The Labute approximate surface area is 114 Å². The molecule has 2 rings (SSSR count). The zero-order valence-corrected chi connectivity index (χ0v) is 11.5. The minimum absolute atomic E-state index is 0.0679. The molecule has 0 aliphatic rings. The van der Waals surface area contributed by atoms with Gasteiger partial charge in [0.15, 0.2) is 0 Å². The lowest BCUT2D eigenvalue weighted by atomic mass is 10.1. The fraction of sp³-hybridized carbons (Fsp3) is 0.312. The van der Waals surface area contributed by atoms with E-state index in [0.717, 1.165) is 17.8 Å². The Hall–Kier alpha value is -2.03. The lowest BCUT2D eigenvalue weighted by Gasteiger charge is -2.10. The molecule has 100 valence electrons. The summed E-state index contributed by atoms with van der Waals surface area (Å²) in [5, 5.41) is 2.96. The summed E-state index contributed by atoms with van der Waals surface area (Å²) in [5.41, 5.74) is 3.49. The van der Waals surface area contributed by atoms with Crippen LogP contribution in [0.3, 0.4) is 0 Å². The van der Waals surface area contributed by atoms with Gasteiger partial charge in [0, 0.05) is 17.9 Å². The Morgan fingerprint density at radius 1 is 1.05 bits per heavy atom. The summed E-state index contributed by atoms with van der Waals surface area (Å²) in [6.07, 6.45) is 0.871. The van der Waals surface area contributed by atoms with Crippen molar-refractivity contribution in [1.82, 2.24) is 9.88 Å². The molecule has 3 nitrogen and oxygen atoms in total. The molecule has 1 heterocycles. The fourth-order valence-electron chi connectivity index (χ4n) is 2.14. The van der Waals surface area contributed by atoms with E-state index < -0.39 is 0 Å². The van der Waals surface area contributed by atoms with E-state index in [1.165, 1.54) is 5.56 Å². The molecule has 0 aliphatic heterocycles. The summed E-state index contributed by atoms with van der Waals surface area (Å²) in [5.74, 6) is 0.0679. The van der Waals surface area contributed by atoms with Crippen molar-refractivity contribution in [2.24, 2.45) is 0 Å². The van der Waals surface area contributed by atoms with Gasteiger partial charge in [-0.3, -0.25) is 4.79 Å². The van der Waals surface area contributed by atoms with Gasteiger partial charge in [-0.05, 0) is 38.0 Å². The normalized spacial score (nSPS) is 10.4. The topological polar surface area (TPSA) is 34.0 Å². The summed E-state index contributed by atoms with van der Waals surface area (Å²) < 4.78 is 2.03. The number of carbonyl (C=O) groups excluding carboxylic acids is 1. The quantitative estimate of drug-likeness (QED) is 0.876. The van der Waals surface area contributed by atoms with Crippen molar-refractivity contribution in [2.75, 3.05) is 6.54 Å². The highest BCUT2D eigenvalue weighted by molar-refractivity contribution is 5.75. The first-order valence-electron chi connectivity index (χ1n) is 6.60. The SMILES string of the molecule is Cc1ccc(C)n1CC(=O)NCCc1ccccc1. The van der Waals surface area contributed by atoms with Crippen LogP contribution in [0.15, 0.2) is 42.5 Å². The van der Waals surface area contributed by atoms with Crippen molar-refractivity contribution in [3.63, 3.8) is 0 Å². The molecule has 1 N–H and O–H groups in total. The van der Waals surface area contributed by atoms with Crippen LogP contribution >= 0.6 is 0 Å². The molecule has 0 saturated carbocycles. The number of carbonyl (C=O) groups is 1. The molecular weight excluding hydrogens is 236 g/mol. The van der Waals surface area contributed by atoms with Crippen LogP contribution in [-0.4, -0.2) is 17.0 Å². The van der Waals surface area contributed by atoms with Gasteiger partial charge in [0.1, 0.15) is 6.54 Å². The average molecular weight is 256 g/mol. The number of rotatable bonds is 5. The molecule has 2 aromatic rings. The van der Waals surface area contributed by atoms with Crippen molar-refractivity contribution in [1.29, 1.82) is 0 Å². The van der Waals surface area contributed by atoms with Crippen molar-refractivity contribution in [2.45, 2.75) is 26.8 Å². The third-order valence-electron chi connectivity index (χ3n) is 3.30. The second-order valence-corrected chi connectivity index (χ2v) is 4.79. The number of hydrogen-bond acceptors (Lipinski definition) is 1. The summed E-state index contributed by atoms with van der Waals surface area (Å²) in [6.45, 7) is 5.12. The first-order valence-corrected chi connectivity index (χ1v) is 6.60. The highest BCUT2D eigenvalue weighted by Crippen LogP contribution is 2.06. The fourth-order valence-corrected chi connectivity index (χ4v) is 2.14. The van der Waals surface area contributed by atoms with E-state index in [-0.39, 0.29) is 5.91 Å². The summed E-state index contributed by atoms with van der Waals surface area (Å²) in [4.78, 5) is 11.9. The van der Waals surface area contributed by atoms with Gasteiger partial charge in [-0.25, -0.2) is 0 Å². The maximum Gasteiger partial charge on any atom is 0.239 e. The molecule has 0 saturated heterocycles. The Balaban J connectivity index is 1.79. The van der Waals surface area contributed by atoms with Gasteiger partial charge < -0.3 is 9.88 Å². The number of amides is 1. The summed E-state index contributed by atoms with van der Waals surface area (Å²) >= 11 is 0. The molecule has 0 fully saturated rings. The van der Waals surface area contributed by atoms with E-state index in [9.17, 15) is 4.79 Å². The molecule has 1 amide bonds. The number of benzene rings is 1. The maximum atomic E-state index is 11.9. The van der Waals surface area contributed by atoms with Crippen LogP contribution in [0, 0.1) is 13.8 Å². The smallest absolute Gasteiger partial charge is 0.239 e. The molecule has 1 aromatic heterocycles. The highest BCUT2D eigenvalue weighted by atomic mass is 16.1. The van der Waals surface area contributed by atoms with Gasteiger partial charge in [0.25, 0.3) is 0 Å². The van der Waals surface area contributed by atoms with Gasteiger partial charge in [-0.2, -0.15) is 0 Å². The Morgan fingerprint density at radius 3 is 2.32 bits per heavy atom. The first kappa shape index (κ1) is 13.4. The number of nitrogens with zero attached hydrogens (tertiary/aromatic N) is 1. The Bertz CT molecular complexity index is 524. The summed E-state index contributed by atoms with van der Waals surface area (Å²) in [7, 11) is 0. The Kier molecular flexibility index (Phi) is 4.39. The van der Waals surface area contributed by atoms with Crippen molar-refractivity contribution in [3.05, 3.63) is 59.4 Å². The van der Waals surface area contributed by atoms with Crippen molar-refractivity contribution in [3.8, 4) is 0 Å². The van der Waals surface area contributed by atoms with Gasteiger partial charge in [0.05, 0.1) is 0 Å². The van der Waals surface area contributed by atoms with Gasteiger partial charge in [0.2, 0.25) is 5.91 Å². The van der Waals surface area contributed by atoms with Crippen molar-refractivity contribution < 1.29 is 4.79 Å². The zero-order chi connectivity index (χ0) is 13.7. The molecule has 0 spiro atoms. The summed E-state index contributed by atoms with van der Waals surface area (Å²) in [6, 6.07) is 14.3. The van der Waals surface area contributed by atoms with Crippen LogP contribution in [0.1, 0.15) is 17.0 Å². The Morgan fingerprint density at radius 2 is 1.68 bits per heavy atom. The van der Waals surface area contributed by atoms with Crippen LogP contribution in [0.5, 0.6) is 0 Å². The van der Waals surface area contributed by atoms with Gasteiger partial charge >= 0.3 is 0 Å². The monoisotopic (exact) mass is 256 g/mol. The van der Waals surface area contributed by atoms with E-state index >= 15 is 0 Å². The minimum atomic E-state index is 0.0679. The van der Waals surface area contributed by atoms with Crippen LogP contribution < -0.4 is 5.32 Å². The van der Waals surface area contributed by atoms with Gasteiger partial charge in [-0.15, -0.1) is 0 Å². The number of hydrogen-bond donors (Lipinski definition) is 1. The zero-order valence-electron chi connectivity index (χ0n) is 11.5. The molecule has 0 radical (unpaired) electrons. The molecule has 0 aliphatic carbocycles. The van der Waals surface area contributed by atoms with Gasteiger partial charge in [-0.1, -0.05) is 30.3 Å². The second-order valence-electron chi connectivity index (χ2n) is 4.79. The number of aryl methyl sites for hydroxylation is 2. The largest absolute Gasteiger partial charge is 0.354 e. The van der Waals surface area contributed by atoms with Crippen LogP contribution in [-0.2, 0) is 17.8 Å². The van der Waals surface area contributed by atoms with E-state index in [4.69, 9.17) is 0 Å². The minimum Gasteiger partial charge on any atom is -0.354 e. The van der Waals surface area contributed by atoms with Crippen LogP contribution in [0.25, 0.3) is 0 Å². The number of aromatic nitrogens is 1. The molecule has 1 aromatic carbocycles. The highest BCUT2D eigenvalue weighted by Gasteiger charge is 2.06. The molecule has 19 heavy (non-hydrogen) atoms.